The molecule has 0 aliphatic carbocycles. The molecule has 0 saturated carbocycles. The van der Waals surface area contributed by atoms with E-state index in [1.54, 1.807) is 7.05 Å². The van der Waals surface area contributed by atoms with Gasteiger partial charge in [-0.1, -0.05) is 0 Å². The summed E-state index contributed by atoms with van der Waals surface area (Å²) in [6, 6.07) is 0. The molecule has 0 aliphatic heterocycles. The van der Waals surface area contributed by atoms with Gasteiger partial charge in [-0.2, -0.15) is 0 Å². The number of hydrogen-bond acceptors (Lipinski definition) is 3. The largest absolute Gasteiger partial charge is 0.365 e. The van der Waals surface area contributed by atoms with E-state index in [4.69, 9.17) is 0 Å². The number of thiocarbonyl (C=S) groups is 1. The Balaban J connectivity index is 3.57. The molecule has 10 heavy (non-hydrogen) atoms. The number of carbonyl (C=O) groups excluding carboxylic acids is 2. The third kappa shape index (κ3) is 3.96. The number of carbonyl (C=O) groups is 2. The van der Waals surface area contributed by atoms with E-state index in [0.717, 1.165) is 0 Å². The first-order chi connectivity index (χ1) is 4.70. The van der Waals surface area contributed by atoms with E-state index >= 15 is 0 Å². The molecule has 0 rings (SSSR count). The molecular formula is C5H8N2O2S. The minimum Gasteiger partial charge on any atom is -0.365 e. The van der Waals surface area contributed by atoms with Gasteiger partial charge < -0.3 is 15.4 Å². The van der Waals surface area contributed by atoms with E-state index in [0.29, 0.717) is 6.29 Å². The summed E-state index contributed by atoms with van der Waals surface area (Å²) >= 11 is 4.59. The van der Waals surface area contributed by atoms with Gasteiger partial charge in [-0.25, -0.2) is 0 Å². The topological polar surface area (TPSA) is 58.2 Å². The summed E-state index contributed by atoms with van der Waals surface area (Å²) in [5, 5.41) is 5.05. The van der Waals surface area contributed by atoms with Crippen LogP contribution in [0.15, 0.2) is 0 Å². The Labute approximate surface area is 64.0 Å². The van der Waals surface area contributed by atoms with Crippen LogP contribution in [0.1, 0.15) is 6.42 Å². The van der Waals surface area contributed by atoms with Crippen molar-refractivity contribution >= 4 is 29.5 Å². The normalized spacial score (nSPS) is 8.10. The van der Waals surface area contributed by atoms with Crippen LogP contribution in [0.4, 0.5) is 0 Å². The number of aldehydes is 1. The lowest BCUT2D eigenvalue weighted by atomic mass is 10.4. The molecule has 0 bridgehead atoms. The number of amides is 1. The highest BCUT2D eigenvalue weighted by atomic mass is 32.1. The van der Waals surface area contributed by atoms with E-state index in [2.05, 4.69) is 22.9 Å². The average Bonchev–Trinajstić information content (AvgIpc) is 1.88. The highest BCUT2D eigenvalue weighted by molar-refractivity contribution is 7.80. The Kier molecular flexibility index (Phi) is 4.39. The van der Waals surface area contributed by atoms with Crippen molar-refractivity contribution in [1.82, 2.24) is 10.6 Å². The molecule has 0 heterocycles. The van der Waals surface area contributed by atoms with Gasteiger partial charge in [0.05, 0.1) is 6.42 Å². The summed E-state index contributed by atoms with van der Waals surface area (Å²) in [6.07, 6.45) is 0.370. The van der Waals surface area contributed by atoms with Gasteiger partial charge in [-0.15, -0.1) is 0 Å². The van der Waals surface area contributed by atoms with Crippen LogP contribution in [0.3, 0.4) is 0 Å². The Hall–Kier alpha value is -0.970. The summed E-state index contributed by atoms with van der Waals surface area (Å²) < 4.78 is 0. The number of rotatable bonds is 2. The fourth-order valence-corrected chi connectivity index (χ4v) is 0.430. The molecule has 0 unspecified atom stereocenters. The number of hydrogen-bond donors (Lipinski definition) is 2. The monoisotopic (exact) mass is 160 g/mol. The zero-order valence-electron chi connectivity index (χ0n) is 5.51. The van der Waals surface area contributed by atoms with Crippen molar-refractivity contribution in [3.63, 3.8) is 0 Å². The van der Waals surface area contributed by atoms with E-state index in [1.165, 1.54) is 0 Å². The molecule has 56 valence electrons. The van der Waals surface area contributed by atoms with Crippen LogP contribution < -0.4 is 10.6 Å². The first kappa shape index (κ1) is 9.03. The van der Waals surface area contributed by atoms with Gasteiger partial charge in [0.25, 0.3) is 0 Å². The summed E-state index contributed by atoms with van der Waals surface area (Å²) in [6.45, 7) is 0. The van der Waals surface area contributed by atoms with E-state index in [1.807, 2.05) is 0 Å². The molecule has 0 atom stereocenters. The second-order valence-corrected chi connectivity index (χ2v) is 1.91. The molecule has 0 aromatic heterocycles. The molecule has 0 radical (unpaired) electrons. The SMILES string of the molecule is CNC(=S)NC(=O)CC=O. The molecule has 2 N–H and O–H groups in total. The Morgan fingerprint density at radius 3 is 2.70 bits per heavy atom. The highest BCUT2D eigenvalue weighted by Gasteiger charge is 1.99. The maximum atomic E-state index is 10.5. The fraction of sp³-hybridized carbons (Fsp3) is 0.400. The zero-order chi connectivity index (χ0) is 7.98. The molecule has 0 saturated heterocycles. The summed E-state index contributed by atoms with van der Waals surface area (Å²) in [7, 11) is 1.59. The summed E-state index contributed by atoms with van der Waals surface area (Å²) in [5.41, 5.74) is 0. The van der Waals surface area contributed by atoms with Crippen LogP contribution in [0.2, 0.25) is 0 Å². The van der Waals surface area contributed by atoms with Crippen LogP contribution >= 0.6 is 12.2 Å². The zero-order valence-corrected chi connectivity index (χ0v) is 6.33. The maximum absolute atomic E-state index is 10.5. The molecule has 0 spiro atoms. The van der Waals surface area contributed by atoms with Crippen molar-refractivity contribution in [2.75, 3.05) is 7.05 Å². The van der Waals surface area contributed by atoms with Crippen LogP contribution in [-0.2, 0) is 9.59 Å². The van der Waals surface area contributed by atoms with Gasteiger partial charge in [0.1, 0.15) is 6.29 Å². The van der Waals surface area contributed by atoms with Gasteiger partial charge in [-0.3, -0.25) is 4.79 Å². The third-order valence-electron chi connectivity index (χ3n) is 0.749. The molecule has 0 aromatic carbocycles. The Morgan fingerprint density at radius 1 is 1.70 bits per heavy atom. The molecular weight excluding hydrogens is 152 g/mol. The molecule has 0 aliphatic rings. The predicted octanol–water partition coefficient (Wildman–Crippen LogP) is -0.804. The van der Waals surface area contributed by atoms with Gasteiger partial charge in [0, 0.05) is 7.05 Å². The third-order valence-corrected chi connectivity index (χ3v) is 1.05. The Bertz CT molecular complexity index is 158. The van der Waals surface area contributed by atoms with Crippen LogP contribution in [0.25, 0.3) is 0 Å². The Morgan fingerprint density at radius 2 is 2.30 bits per heavy atom. The quantitative estimate of drug-likeness (QED) is 0.315. The van der Waals surface area contributed by atoms with E-state index in [-0.39, 0.29) is 11.5 Å². The lowest BCUT2D eigenvalue weighted by Gasteiger charge is -2.01. The first-order valence-corrected chi connectivity index (χ1v) is 3.06. The summed E-state index contributed by atoms with van der Waals surface area (Å²) in [4.78, 5) is 20.3. The second-order valence-electron chi connectivity index (χ2n) is 1.50. The predicted molar refractivity (Wildman–Crippen MR) is 40.5 cm³/mol. The van der Waals surface area contributed by atoms with Crippen molar-refractivity contribution < 1.29 is 9.59 Å². The number of nitrogens with one attached hydrogen (secondary N) is 2. The van der Waals surface area contributed by atoms with Crippen molar-refractivity contribution in [1.29, 1.82) is 0 Å². The van der Waals surface area contributed by atoms with Crippen LogP contribution in [0, 0.1) is 0 Å². The van der Waals surface area contributed by atoms with Crippen molar-refractivity contribution in [3.05, 3.63) is 0 Å². The van der Waals surface area contributed by atoms with Gasteiger partial charge >= 0.3 is 0 Å². The van der Waals surface area contributed by atoms with Gasteiger partial charge in [0.15, 0.2) is 5.11 Å². The average molecular weight is 160 g/mol. The second kappa shape index (κ2) is 4.87. The van der Waals surface area contributed by atoms with Gasteiger partial charge in [-0.05, 0) is 12.2 Å². The minimum absolute atomic E-state index is 0.151. The van der Waals surface area contributed by atoms with E-state index < -0.39 is 5.91 Å². The van der Waals surface area contributed by atoms with Crippen molar-refractivity contribution in [2.45, 2.75) is 6.42 Å². The van der Waals surface area contributed by atoms with Crippen LogP contribution in [0.5, 0.6) is 0 Å². The van der Waals surface area contributed by atoms with Crippen molar-refractivity contribution in [3.8, 4) is 0 Å². The van der Waals surface area contributed by atoms with E-state index in [9.17, 15) is 9.59 Å². The van der Waals surface area contributed by atoms with Crippen molar-refractivity contribution in [2.24, 2.45) is 0 Å². The minimum atomic E-state index is -0.394. The standard InChI is InChI=1S/C5H8N2O2S/c1-6-5(10)7-4(9)2-3-8/h3H,2H2,1H3,(H2,6,7,9,10). The molecule has 1 amide bonds. The lowest BCUT2D eigenvalue weighted by Crippen LogP contribution is -2.37. The smallest absolute Gasteiger partial charge is 0.233 e. The first-order valence-electron chi connectivity index (χ1n) is 2.66. The summed E-state index contributed by atoms with van der Waals surface area (Å²) in [5.74, 6) is -0.394. The van der Waals surface area contributed by atoms with Gasteiger partial charge in [0.2, 0.25) is 5.91 Å². The lowest BCUT2D eigenvalue weighted by molar-refractivity contribution is -0.122. The molecule has 0 fully saturated rings. The molecule has 0 aromatic rings. The molecule has 5 heteroatoms. The van der Waals surface area contributed by atoms with Crippen LogP contribution in [-0.4, -0.2) is 24.4 Å². The fourth-order valence-electron chi connectivity index (χ4n) is 0.316. The molecule has 4 nitrogen and oxygen atoms in total. The highest BCUT2D eigenvalue weighted by Crippen LogP contribution is 1.72. The maximum Gasteiger partial charge on any atom is 0.233 e.